The van der Waals surface area contributed by atoms with Crippen LogP contribution in [0.5, 0.6) is 0 Å². The van der Waals surface area contributed by atoms with Crippen molar-refractivity contribution < 1.29 is 14.6 Å². The topological polar surface area (TPSA) is 77.2 Å². The van der Waals surface area contributed by atoms with Gasteiger partial charge in [0, 0.05) is 18.9 Å². The van der Waals surface area contributed by atoms with Crippen molar-refractivity contribution >= 4 is 5.78 Å². The van der Waals surface area contributed by atoms with Crippen molar-refractivity contribution in [3.8, 4) is 0 Å². The molecule has 1 aromatic heterocycles. The SMILES string of the molecule is COC1C2[C@@H]3CC[C@@H]4[C@H](CC[C@]5(C)[C@@H](C(=O)Cn6nccn6)CC[C@@H]45)[C@H]3CC[C@]12O. The molecule has 0 saturated heterocycles. The van der Waals surface area contributed by atoms with Gasteiger partial charge in [0.05, 0.1) is 24.1 Å². The van der Waals surface area contributed by atoms with E-state index in [1.54, 1.807) is 24.3 Å². The van der Waals surface area contributed by atoms with E-state index in [1.807, 2.05) is 0 Å². The Kier molecular flexibility index (Phi) is 4.28. The van der Waals surface area contributed by atoms with Crippen LogP contribution in [0, 0.1) is 46.8 Å². The van der Waals surface area contributed by atoms with Gasteiger partial charge in [0.15, 0.2) is 5.78 Å². The van der Waals surface area contributed by atoms with Gasteiger partial charge in [-0.1, -0.05) is 6.92 Å². The van der Waals surface area contributed by atoms with E-state index in [1.165, 1.54) is 32.1 Å². The van der Waals surface area contributed by atoms with Crippen molar-refractivity contribution in [2.45, 2.75) is 76.5 Å². The van der Waals surface area contributed by atoms with E-state index in [2.05, 4.69) is 17.1 Å². The molecular formula is C24H35N3O3. The third kappa shape index (κ3) is 2.52. The minimum Gasteiger partial charge on any atom is -0.387 e. The van der Waals surface area contributed by atoms with Crippen LogP contribution in [0.4, 0.5) is 0 Å². The van der Waals surface area contributed by atoms with Gasteiger partial charge in [0.2, 0.25) is 0 Å². The number of aliphatic hydroxyl groups is 1. The molecule has 5 saturated carbocycles. The summed E-state index contributed by atoms with van der Waals surface area (Å²) < 4.78 is 5.67. The number of carbonyl (C=O) groups is 1. The van der Waals surface area contributed by atoms with Gasteiger partial charge in [0.25, 0.3) is 0 Å². The second-order valence-corrected chi connectivity index (χ2v) is 11.3. The zero-order valence-electron chi connectivity index (χ0n) is 18.2. The van der Waals surface area contributed by atoms with E-state index in [0.717, 1.165) is 37.0 Å². The van der Waals surface area contributed by atoms with Crippen molar-refractivity contribution in [3.05, 3.63) is 12.4 Å². The number of ketones is 1. The summed E-state index contributed by atoms with van der Waals surface area (Å²) >= 11 is 0. The smallest absolute Gasteiger partial charge is 0.159 e. The van der Waals surface area contributed by atoms with Gasteiger partial charge < -0.3 is 9.84 Å². The van der Waals surface area contributed by atoms with Gasteiger partial charge in [-0.15, -0.1) is 0 Å². The predicted octanol–water partition coefficient (Wildman–Crippen LogP) is 3.10. The van der Waals surface area contributed by atoms with Gasteiger partial charge in [-0.05, 0) is 86.4 Å². The molecule has 0 aromatic carbocycles. The Hall–Kier alpha value is -1.27. The first-order chi connectivity index (χ1) is 14.5. The third-order valence-corrected chi connectivity index (χ3v) is 10.5. The van der Waals surface area contributed by atoms with Crippen molar-refractivity contribution in [1.82, 2.24) is 15.0 Å². The Balaban J connectivity index is 1.20. The first-order valence-electron chi connectivity index (χ1n) is 12.1. The molecule has 0 amide bonds. The largest absolute Gasteiger partial charge is 0.387 e. The Morgan fingerprint density at radius 3 is 2.50 bits per heavy atom. The Labute approximate surface area is 178 Å². The number of carbonyl (C=O) groups excluding carboxylic acids is 1. The summed E-state index contributed by atoms with van der Waals surface area (Å²) in [6, 6.07) is 0. The first-order valence-corrected chi connectivity index (χ1v) is 12.1. The fraction of sp³-hybridized carbons (Fsp3) is 0.875. The number of aromatic nitrogens is 3. The lowest BCUT2D eigenvalue weighted by Gasteiger charge is -2.55. The van der Waals surface area contributed by atoms with E-state index >= 15 is 0 Å². The molecule has 5 aliphatic carbocycles. The van der Waals surface area contributed by atoms with Crippen LogP contribution in [0.3, 0.4) is 0 Å². The van der Waals surface area contributed by atoms with Crippen molar-refractivity contribution in [3.63, 3.8) is 0 Å². The van der Waals surface area contributed by atoms with Crippen LogP contribution >= 0.6 is 0 Å². The minimum absolute atomic E-state index is 0.0716. The molecule has 0 radical (unpaired) electrons. The summed E-state index contributed by atoms with van der Waals surface area (Å²) in [6.45, 7) is 2.73. The summed E-state index contributed by atoms with van der Waals surface area (Å²) in [4.78, 5) is 14.7. The molecule has 0 spiro atoms. The molecule has 6 rings (SSSR count). The van der Waals surface area contributed by atoms with Crippen LogP contribution in [0.25, 0.3) is 0 Å². The number of hydrogen-bond acceptors (Lipinski definition) is 5. The third-order valence-electron chi connectivity index (χ3n) is 10.5. The highest BCUT2D eigenvalue weighted by Crippen LogP contribution is 2.69. The van der Waals surface area contributed by atoms with E-state index in [-0.39, 0.29) is 17.4 Å². The van der Waals surface area contributed by atoms with E-state index in [9.17, 15) is 9.90 Å². The maximum absolute atomic E-state index is 13.2. The molecule has 1 heterocycles. The maximum Gasteiger partial charge on any atom is 0.159 e. The van der Waals surface area contributed by atoms with Crippen molar-refractivity contribution in [1.29, 1.82) is 0 Å². The summed E-state index contributed by atoms with van der Waals surface area (Å²) in [7, 11) is 1.77. The molecule has 1 N–H and O–H groups in total. The molecule has 5 fully saturated rings. The number of ether oxygens (including phenoxy) is 1. The molecule has 0 bridgehead atoms. The highest BCUT2D eigenvalue weighted by Gasteiger charge is 2.72. The lowest BCUT2D eigenvalue weighted by molar-refractivity contribution is -0.132. The monoisotopic (exact) mass is 413 g/mol. The zero-order valence-corrected chi connectivity index (χ0v) is 18.2. The van der Waals surface area contributed by atoms with Crippen molar-refractivity contribution in [2.24, 2.45) is 46.8 Å². The van der Waals surface area contributed by atoms with Crippen LogP contribution in [0.2, 0.25) is 0 Å². The maximum atomic E-state index is 13.2. The number of hydrogen-bond donors (Lipinski definition) is 1. The molecule has 5 aliphatic rings. The molecule has 10 atom stereocenters. The minimum atomic E-state index is -0.530. The lowest BCUT2D eigenvalue weighted by Crippen LogP contribution is -2.50. The fourth-order valence-electron chi connectivity index (χ4n) is 9.23. The van der Waals surface area contributed by atoms with Crippen LogP contribution < -0.4 is 0 Å². The van der Waals surface area contributed by atoms with Gasteiger partial charge in [-0.25, -0.2) is 0 Å². The van der Waals surface area contributed by atoms with Gasteiger partial charge in [-0.3, -0.25) is 4.79 Å². The quantitative estimate of drug-likeness (QED) is 0.821. The predicted molar refractivity (Wildman–Crippen MR) is 110 cm³/mol. The highest BCUT2D eigenvalue weighted by atomic mass is 16.5. The number of Topliss-reactive ketones (excluding diaryl/α,β-unsaturated/α-hetero) is 1. The van der Waals surface area contributed by atoms with E-state index < -0.39 is 5.60 Å². The average molecular weight is 414 g/mol. The molecule has 0 aliphatic heterocycles. The molecule has 1 aromatic rings. The van der Waals surface area contributed by atoms with Crippen LogP contribution in [-0.4, -0.2) is 44.7 Å². The Morgan fingerprint density at radius 1 is 1.03 bits per heavy atom. The molecule has 164 valence electrons. The Morgan fingerprint density at radius 2 is 1.73 bits per heavy atom. The average Bonchev–Trinajstić information content (AvgIpc) is 3.04. The summed E-state index contributed by atoms with van der Waals surface area (Å²) in [5.74, 6) is 4.47. The molecular weight excluding hydrogens is 378 g/mol. The van der Waals surface area contributed by atoms with Crippen molar-refractivity contribution in [2.75, 3.05) is 7.11 Å². The molecule has 6 heteroatoms. The normalized spacial score (nSPS) is 51.4. The van der Waals surface area contributed by atoms with E-state index in [0.29, 0.717) is 30.1 Å². The molecule has 30 heavy (non-hydrogen) atoms. The molecule has 6 nitrogen and oxygen atoms in total. The second kappa shape index (κ2) is 6.61. The number of methoxy groups -OCH3 is 1. The van der Waals surface area contributed by atoms with Gasteiger partial charge in [0.1, 0.15) is 6.54 Å². The highest BCUT2D eigenvalue weighted by molar-refractivity contribution is 5.81. The van der Waals surface area contributed by atoms with Crippen LogP contribution in [-0.2, 0) is 16.1 Å². The van der Waals surface area contributed by atoms with Gasteiger partial charge in [-0.2, -0.15) is 15.0 Å². The number of fused-ring (bicyclic) bond motifs is 7. The summed E-state index contributed by atoms with van der Waals surface area (Å²) in [6.07, 6.45) is 12.6. The summed E-state index contributed by atoms with van der Waals surface area (Å²) in [5, 5.41) is 19.3. The van der Waals surface area contributed by atoms with Crippen LogP contribution in [0.15, 0.2) is 12.4 Å². The second-order valence-electron chi connectivity index (χ2n) is 11.3. The first kappa shape index (κ1) is 19.4. The standard InChI is InChI=1S/C24H35N3O3/c1-23-9-7-14-15-8-10-24(29)21(22(24)30-2)17(15)4-3-16(14)18(23)5-6-19(23)20(28)13-27-25-11-12-26-27/h11-12,14-19,21-22,29H,3-10,13H2,1-2H3/t14-,15-,16-,17-,18+,19-,21?,22?,23+,24-/m1/s1. The van der Waals surface area contributed by atoms with Gasteiger partial charge >= 0.3 is 0 Å². The zero-order chi connectivity index (χ0) is 20.7. The fourth-order valence-corrected chi connectivity index (χ4v) is 9.23. The Bertz CT molecular complexity index is 828. The van der Waals surface area contributed by atoms with E-state index in [4.69, 9.17) is 4.74 Å². The number of nitrogens with zero attached hydrogens (tertiary/aromatic N) is 3. The summed E-state index contributed by atoms with van der Waals surface area (Å²) in [5.41, 5.74) is -0.389. The lowest BCUT2D eigenvalue weighted by atomic mass is 9.49. The van der Waals surface area contributed by atoms with Crippen LogP contribution in [0.1, 0.15) is 58.3 Å². The molecule has 2 unspecified atom stereocenters. The number of rotatable bonds is 4.